The van der Waals surface area contributed by atoms with E-state index in [1.165, 1.54) is 24.8 Å². The summed E-state index contributed by atoms with van der Waals surface area (Å²) >= 11 is 0. The third-order valence-corrected chi connectivity index (χ3v) is 5.44. The molecular formula is C20H27N3O. The van der Waals surface area contributed by atoms with E-state index in [4.69, 9.17) is 5.26 Å². The predicted molar refractivity (Wildman–Crippen MR) is 94.2 cm³/mol. The minimum atomic E-state index is 0.293. The molecule has 4 heteroatoms. The molecule has 1 aliphatic heterocycles. The first-order valence-electron chi connectivity index (χ1n) is 9.27. The van der Waals surface area contributed by atoms with Gasteiger partial charge in [-0.05, 0) is 43.4 Å². The zero-order valence-corrected chi connectivity index (χ0v) is 14.3. The Morgan fingerprint density at radius 3 is 2.38 bits per heavy atom. The van der Waals surface area contributed by atoms with Crippen molar-refractivity contribution in [1.82, 2.24) is 10.2 Å². The maximum Gasteiger partial charge on any atom is 0.225 e. The lowest BCUT2D eigenvalue weighted by atomic mass is 9.87. The summed E-state index contributed by atoms with van der Waals surface area (Å²) < 4.78 is 0. The molecule has 0 unspecified atom stereocenters. The van der Waals surface area contributed by atoms with Gasteiger partial charge in [0.1, 0.15) is 0 Å². The van der Waals surface area contributed by atoms with Crippen molar-refractivity contribution in [3.63, 3.8) is 0 Å². The van der Waals surface area contributed by atoms with Gasteiger partial charge in [-0.3, -0.25) is 4.79 Å². The quantitative estimate of drug-likeness (QED) is 0.925. The number of nitrogens with zero attached hydrogens (tertiary/aromatic N) is 2. The lowest BCUT2D eigenvalue weighted by Crippen LogP contribution is -2.46. The number of carbonyl (C=O) groups excluding carboxylic acids is 1. The normalized spacial score (nSPS) is 19.9. The van der Waals surface area contributed by atoms with Crippen molar-refractivity contribution in [3.05, 3.63) is 35.4 Å². The zero-order chi connectivity index (χ0) is 16.8. The molecule has 2 aliphatic rings. The fraction of sp³-hybridized carbons (Fsp3) is 0.600. The highest BCUT2D eigenvalue weighted by Crippen LogP contribution is 2.26. The monoisotopic (exact) mass is 325 g/mol. The molecule has 1 N–H and O–H groups in total. The largest absolute Gasteiger partial charge is 0.342 e. The van der Waals surface area contributed by atoms with Crippen LogP contribution in [0.2, 0.25) is 0 Å². The van der Waals surface area contributed by atoms with Gasteiger partial charge in [0.05, 0.1) is 11.6 Å². The van der Waals surface area contributed by atoms with Crippen LogP contribution in [-0.4, -0.2) is 29.9 Å². The number of nitrogens with one attached hydrogen (secondary N) is 1. The Hall–Kier alpha value is -1.86. The molecule has 1 amide bonds. The number of nitriles is 1. The van der Waals surface area contributed by atoms with E-state index in [9.17, 15) is 4.79 Å². The van der Waals surface area contributed by atoms with Crippen LogP contribution in [0.15, 0.2) is 24.3 Å². The Balaban J connectivity index is 1.41. The van der Waals surface area contributed by atoms with Crippen LogP contribution in [0.1, 0.15) is 56.1 Å². The van der Waals surface area contributed by atoms with Gasteiger partial charge in [-0.1, -0.05) is 31.4 Å². The van der Waals surface area contributed by atoms with Crippen molar-refractivity contribution in [2.24, 2.45) is 5.92 Å². The molecule has 24 heavy (non-hydrogen) atoms. The van der Waals surface area contributed by atoms with Crippen LogP contribution in [0.5, 0.6) is 0 Å². The smallest absolute Gasteiger partial charge is 0.225 e. The van der Waals surface area contributed by atoms with Crippen molar-refractivity contribution in [2.45, 2.75) is 57.5 Å². The van der Waals surface area contributed by atoms with Crippen LogP contribution >= 0.6 is 0 Å². The Morgan fingerprint density at radius 2 is 1.75 bits per heavy atom. The van der Waals surface area contributed by atoms with Crippen LogP contribution < -0.4 is 5.32 Å². The first kappa shape index (κ1) is 17.0. The number of amides is 1. The van der Waals surface area contributed by atoms with Crippen LogP contribution in [0.3, 0.4) is 0 Å². The number of carbonyl (C=O) groups is 1. The summed E-state index contributed by atoms with van der Waals surface area (Å²) in [7, 11) is 0. The lowest BCUT2D eigenvalue weighted by molar-refractivity contribution is -0.137. The fourth-order valence-electron chi connectivity index (χ4n) is 3.87. The van der Waals surface area contributed by atoms with Crippen LogP contribution in [0.25, 0.3) is 0 Å². The SMILES string of the molecule is N#Cc1ccc(CNC2CCN(C(=O)C3CCCCC3)CC2)cc1. The van der Waals surface area contributed by atoms with Gasteiger partial charge in [0, 0.05) is 31.6 Å². The number of benzene rings is 1. The molecule has 1 saturated carbocycles. The molecule has 3 rings (SSSR count). The van der Waals surface area contributed by atoms with Gasteiger partial charge < -0.3 is 10.2 Å². The molecule has 4 nitrogen and oxygen atoms in total. The van der Waals surface area contributed by atoms with Crippen molar-refractivity contribution in [2.75, 3.05) is 13.1 Å². The summed E-state index contributed by atoms with van der Waals surface area (Å²) in [6.07, 6.45) is 8.00. The van der Waals surface area contributed by atoms with E-state index >= 15 is 0 Å². The van der Waals surface area contributed by atoms with Crippen molar-refractivity contribution < 1.29 is 4.79 Å². The maximum atomic E-state index is 12.6. The Labute approximate surface area is 144 Å². The van der Waals surface area contributed by atoms with Crippen LogP contribution in [0.4, 0.5) is 0 Å². The standard InChI is InChI=1S/C20H27N3O/c21-14-16-6-8-17(9-7-16)15-22-19-10-12-23(13-11-19)20(24)18-4-2-1-3-5-18/h6-9,18-19,22H,1-5,10-13,15H2. The second-order valence-electron chi connectivity index (χ2n) is 7.12. The molecule has 2 fully saturated rings. The van der Waals surface area contributed by atoms with Gasteiger partial charge in [-0.2, -0.15) is 5.26 Å². The van der Waals surface area contributed by atoms with E-state index in [-0.39, 0.29) is 0 Å². The third-order valence-electron chi connectivity index (χ3n) is 5.44. The minimum Gasteiger partial charge on any atom is -0.342 e. The highest BCUT2D eigenvalue weighted by Gasteiger charge is 2.28. The van der Waals surface area contributed by atoms with E-state index in [2.05, 4.69) is 16.3 Å². The van der Waals surface area contributed by atoms with Gasteiger partial charge in [0.2, 0.25) is 5.91 Å². The molecule has 0 bridgehead atoms. The Kier molecular flexibility index (Phi) is 5.87. The molecule has 0 aromatic heterocycles. The van der Waals surface area contributed by atoms with Crippen molar-refractivity contribution >= 4 is 5.91 Å². The van der Waals surface area contributed by atoms with E-state index in [0.717, 1.165) is 45.3 Å². The summed E-state index contributed by atoms with van der Waals surface area (Å²) in [6, 6.07) is 10.4. The van der Waals surface area contributed by atoms with Gasteiger partial charge in [-0.25, -0.2) is 0 Å². The second kappa shape index (κ2) is 8.30. The number of likely N-dealkylation sites (tertiary alicyclic amines) is 1. The molecule has 0 spiro atoms. The van der Waals surface area contributed by atoms with Gasteiger partial charge in [0.25, 0.3) is 0 Å². The molecule has 128 valence electrons. The highest BCUT2D eigenvalue weighted by molar-refractivity contribution is 5.79. The minimum absolute atomic E-state index is 0.293. The summed E-state index contributed by atoms with van der Waals surface area (Å²) in [4.78, 5) is 14.7. The molecule has 0 atom stereocenters. The molecule has 1 aromatic rings. The molecule has 0 radical (unpaired) electrons. The first-order valence-corrected chi connectivity index (χ1v) is 9.27. The van der Waals surface area contributed by atoms with E-state index < -0.39 is 0 Å². The Bertz CT molecular complexity index is 576. The lowest BCUT2D eigenvalue weighted by Gasteiger charge is -2.35. The topological polar surface area (TPSA) is 56.1 Å². The second-order valence-corrected chi connectivity index (χ2v) is 7.12. The maximum absolute atomic E-state index is 12.6. The first-order chi connectivity index (χ1) is 11.8. The average Bonchev–Trinajstić information content (AvgIpc) is 2.67. The zero-order valence-electron chi connectivity index (χ0n) is 14.3. The number of rotatable bonds is 4. The number of hydrogen-bond acceptors (Lipinski definition) is 3. The summed E-state index contributed by atoms with van der Waals surface area (Å²) in [6.45, 7) is 2.60. The number of piperidine rings is 1. The van der Waals surface area contributed by atoms with Crippen molar-refractivity contribution in [1.29, 1.82) is 5.26 Å². The summed E-state index contributed by atoms with van der Waals surface area (Å²) in [5.74, 6) is 0.696. The number of hydrogen-bond donors (Lipinski definition) is 1. The van der Waals surface area contributed by atoms with E-state index in [1.54, 1.807) is 0 Å². The van der Waals surface area contributed by atoms with Crippen LogP contribution in [0, 0.1) is 17.2 Å². The predicted octanol–water partition coefficient (Wildman–Crippen LogP) is 3.22. The third kappa shape index (κ3) is 4.36. The molecule has 1 heterocycles. The van der Waals surface area contributed by atoms with E-state index in [0.29, 0.717) is 23.4 Å². The fourth-order valence-corrected chi connectivity index (χ4v) is 3.87. The van der Waals surface area contributed by atoms with E-state index in [1.807, 2.05) is 24.3 Å². The molecular weight excluding hydrogens is 298 g/mol. The average molecular weight is 325 g/mol. The molecule has 1 saturated heterocycles. The molecule has 1 aliphatic carbocycles. The van der Waals surface area contributed by atoms with Crippen molar-refractivity contribution in [3.8, 4) is 6.07 Å². The van der Waals surface area contributed by atoms with Gasteiger partial charge >= 0.3 is 0 Å². The summed E-state index contributed by atoms with van der Waals surface area (Å²) in [5.41, 5.74) is 1.91. The van der Waals surface area contributed by atoms with Gasteiger partial charge in [-0.15, -0.1) is 0 Å². The molecule has 1 aromatic carbocycles. The highest BCUT2D eigenvalue weighted by atomic mass is 16.2. The van der Waals surface area contributed by atoms with Crippen LogP contribution in [-0.2, 0) is 11.3 Å². The Morgan fingerprint density at radius 1 is 1.08 bits per heavy atom. The summed E-state index contributed by atoms with van der Waals surface area (Å²) in [5, 5.41) is 12.4. The van der Waals surface area contributed by atoms with Gasteiger partial charge in [0.15, 0.2) is 0 Å².